The number of nitrogens with zero attached hydrogens (tertiary/aromatic N) is 2. The van der Waals surface area contributed by atoms with Crippen LogP contribution in [0, 0.1) is 0 Å². The lowest BCUT2D eigenvalue weighted by Gasteiger charge is -2.25. The van der Waals surface area contributed by atoms with Gasteiger partial charge in [0.2, 0.25) is 0 Å². The lowest BCUT2D eigenvalue weighted by molar-refractivity contribution is -0.126. The molecule has 0 radical (unpaired) electrons. The summed E-state index contributed by atoms with van der Waals surface area (Å²) >= 11 is 2.92. The monoisotopic (exact) mass is 423 g/mol. The molecule has 0 saturated carbocycles. The quantitative estimate of drug-likeness (QED) is 0.591. The average Bonchev–Trinajstić information content (AvgIpc) is 3.28. The summed E-state index contributed by atoms with van der Waals surface area (Å²) in [4.78, 5) is 19.7. The van der Waals surface area contributed by atoms with Crippen molar-refractivity contribution in [3.63, 3.8) is 0 Å². The number of fused-ring (bicyclic) bond motifs is 2. The van der Waals surface area contributed by atoms with Gasteiger partial charge in [0.1, 0.15) is 10.0 Å². The van der Waals surface area contributed by atoms with Crippen LogP contribution in [-0.2, 0) is 17.8 Å². The third-order valence-corrected chi connectivity index (χ3v) is 6.71. The van der Waals surface area contributed by atoms with E-state index in [4.69, 9.17) is 0 Å². The van der Waals surface area contributed by atoms with Gasteiger partial charge in [-0.2, -0.15) is 8.78 Å². The highest BCUT2D eigenvalue weighted by Gasteiger charge is 2.28. The van der Waals surface area contributed by atoms with Gasteiger partial charge in [0, 0.05) is 23.5 Å². The van der Waals surface area contributed by atoms with E-state index in [1.54, 1.807) is 0 Å². The van der Waals surface area contributed by atoms with Crippen molar-refractivity contribution in [1.29, 1.82) is 0 Å². The molecule has 1 aromatic carbocycles. The first kappa shape index (κ1) is 20.8. The molecule has 2 aromatic heterocycles. The number of hydrogen-bond donors (Lipinski definition) is 1. The summed E-state index contributed by atoms with van der Waals surface area (Å²) in [5, 5.41) is 3.68. The largest absolute Gasteiger partial charge is 0.315 e. The molecular formula is C20H23F2N3OS2. The molecule has 4 rings (SSSR count). The first-order valence-corrected chi connectivity index (χ1v) is 11.0. The molecule has 3 heterocycles. The molecule has 0 unspecified atom stereocenters. The zero-order chi connectivity index (χ0) is 20.3. The Morgan fingerprint density at radius 3 is 2.71 bits per heavy atom. The second-order valence-corrected chi connectivity index (χ2v) is 8.24. The molecule has 0 spiro atoms. The van der Waals surface area contributed by atoms with Crippen molar-refractivity contribution >= 4 is 43.8 Å². The predicted octanol–water partition coefficient (Wildman–Crippen LogP) is 5.63. The molecule has 1 aliphatic rings. The van der Waals surface area contributed by atoms with E-state index in [0.717, 1.165) is 57.3 Å². The minimum absolute atomic E-state index is 0.484. The van der Waals surface area contributed by atoms with Gasteiger partial charge in [-0.3, -0.25) is 9.69 Å². The number of benzene rings is 1. The van der Waals surface area contributed by atoms with Crippen LogP contribution in [0.15, 0.2) is 24.3 Å². The number of aromatic nitrogens is 1. The minimum Gasteiger partial charge on any atom is -0.312 e. The van der Waals surface area contributed by atoms with E-state index in [2.05, 4.69) is 22.1 Å². The van der Waals surface area contributed by atoms with Crippen LogP contribution >= 0.6 is 22.7 Å². The van der Waals surface area contributed by atoms with E-state index in [9.17, 15) is 13.6 Å². The number of rotatable bonds is 4. The van der Waals surface area contributed by atoms with Crippen LogP contribution in [0.1, 0.15) is 31.2 Å². The zero-order valence-corrected chi connectivity index (χ0v) is 17.7. The first-order chi connectivity index (χ1) is 13.6. The predicted molar refractivity (Wildman–Crippen MR) is 114 cm³/mol. The lowest BCUT2D eigenvalue weighted by Crippen LogP contribution is -2.29. The van der Waals surface area contributed by atoms with E-state index >= 15 is 0 Å². The number of carbonyl (C=O) groups excluding carboxylic acids is 1. The van der Waals surface area contributed by atoms with Gasteiger partial charge in [-0.1, -0.05) is 32.9 Å². The second kappa shape index (κ2) is 9.07. The fraction of sp³-hybridized carbons (Fsp3) is 0.400. The molecule has 0 atom stereocenters. The van der Waals surface area contributed by atoms with Crippen molar-refractivity contribution < 1.29 is 13.6 Å². The number of halogens is 2. The van der Waals surface area contributed by atoms with E-state index in [1.807, 2.05) is 38.1 Å². The van der Waals surface area contributed by atoms with Gasteiger partial charge >= 0.3 is 6.43 Å². The van der Waals surface area contributed by atoms with Gasteiger partial charge in [-0.05, 0) is 30.7 Å². The van der Waals surface area contributed by atoms with Gasteiger partial charge in [-0.25, -0.2) is 4.98 Å². The Bertz CT molecular complexity index is 935. The highest BCUT2D eigenvalue weighted by molar-refractivity contribution is 7.22. The van der Waals surface area contributed by atoms with Crippen LogP contribution in [0.3, 0.4) is 0 Å². The summed E-state index contributed by atoms with van der Waals surface area (Å²) in [5.74, 6) is -1.27. The Kier molecular flexibility index (Phi) is 6.74. The number of para-hydroxylation sites is 1. The first-order valence-electron chi connectivity index (χ1n) is 9.38. The molecule has 1 N–H and O–H groups in total. The molecule has 0 fully saturated rings. The van der Waals surface area contributed by atoms with Crippen LogP contribution in [0.25, 0.3) is 20.8 Å². The summed E-state index contributed by atoms with van der Waals surface area (Å²) in [6.45, 7) is 8.73. The molecule has 0 bridgehead atoms. The lowest BCUT2D eigenvalue weighted by atomic mass is 10.0. The normalized spacial score (nSPS) is 13.9. The van der Waals surface area contributed by atoms with Crippen LogP contribution < -0.4 is 5.32 Å². The molecule has 28 heavy (non-hydrogen) atoms. The average molecular weight is 424 g/mol. The molecular weight excluding hydrogens is 400 g/mol. The summed E-state index contributed by atoms with van der Waals surface area (Å²) in [5.41, 5.74) is 2.82. The van der Waals surface area contributed by atoms with Crippen LogP contribution in [0.4, 0.5) is 13.8 Å². The Morgan fingerprint density at radius 1 is 1.29 bits per heavy atom. The van der Waals surface area contributed by atoms with E-state index in [1.165, 1.54) is 22.7 Å². The SMILES string of the molecule is CC.CCN1CCc2c(sc(NC(=O)C(F)F)c2-c2nc3ccccc3s2)C1. The van der Waals surface area contributed by atoms with Crippen molar-refractivity contribution in [3.05, 3.63) is 34.7 Å². The van der Waals surface area contributed by atoms with Crippen LogP contribution in [0.5, 0.6) is 0 Å². The Hall–Kier alpha value is -1.90. The maximum Gasteiger partial charge on any atom is 0.315 e. The number of alkyl halides is 2. The highest BCUT2D eigenvalue weighted by Crippen LogP contribution is 2.45. The number of thiophene rings is 1. The third kappa shape index (κ3) is 4.09. The highest BCUT2D eigenvalue weighted by atomic mass is 32.1. The fourth-order valence-electron chi connectivity index (χ4n) is 3.19. The second-order valence-electron chi connectivity index (χ2n) is 6.10. The Morgan fingerprint density at radius 2 is 2.04 bits per heavy atom. The number of likely N-dealkylation sites (N-methyl/N-ethyl adjacent to an activating group) is 1. The Balaban J connectivity index is 0.00000109. The molecule has 8 heteroatoms. The van der Waals surface area contributed by atoms with E-state index in [-0.39, 0.29) is 0 Å². The Labute approximate surface area is 171 Å². The maximum atomic E-state index is 12.8. The number of hydrogen-bond acceptors (Lipinski definition) is 5. The summed E-state index contributed by atoms with van der Waals surface area (Å²) < 4.78 is 26.6. The molecule has 1 amide bonds. The van der Waals surface area contributed by atoms with E-state index < -0.39 is 12.3 Å². The van der Waals surface area contributed by atoms with Gasteiger partial charge in [0.05, 0.1) is 10.2 Å². The zero-order valence-electron chi connectivity index (χ0n) is 16.1. The van der Waals surface area contributed by atoms with Crippen molar-refractivity contribution in [3.8, 4) is 10.6 Å². The van der Waals surface area contributed by atoms with Crippen molar-refractivity contribution in [2.75, 3.05) is 18.4 Å². The fourth-order valence-corrected chi connectivity index (χ4v) is 5.59. The number of amides is 1. The number of nitrogens with one attached hydrogen (secondary N) is 1. The van der Waals surface area contributed by atoms with Gasteiger partial charge in [0.15, 0.2) is 0 Å². The summed E-state index contributed by atoms with van der Waals surface area (Å²) in [6, 6.07) is 7.80. The van der Waals surface area contributed by atoms with Gasteiger partial charge < -0.3 is 5.32 Å². The van der Waals surface area contributed by atoms with Crippen molar-refractivity contribution in [1.82, 2.24) is 9.88 Å². The standard InChI is InChI=1S/C18H17F2N3OS2.C2H6/c1-2-23-8-7-10-13(9-23)26-18(22-16(24)15(19)20)14(10)17-21-11-5-3-4-6-12(11)25-17;1-2/h3-6,15H,2,7-9H2,1H3,(H,22,24);1-2H3. The molecule has 4 nitrogen and oxygen atoms in total. The minimum atomic E-state index is -3.04. The third-order valence-electron chi connectivity index (χ3n) is 4.53. The molecule has 0 saturated heterocycles. The van der Waals surface area contributed by atoms with Crippen molar-refractivity contribution in [2.24, 2.45) is 0 Å². The van der Waals surface area contributed by atoms with Gasteiger partial charge in [-0.15, -0.1) is 22.7 Å². The van der Waals surface area contributed by atoms with Crippen LogP contribution in [-0.4, -0.2) is 35.3 Å². The molecule has 0 aliphatic carbocycles. The van der Waals surface area contributed by atoms with Crippen molar-refractivity contribution in [2.45, 2.75) is 40.2 Å². The summed E-state index contributed by atoms with van der Waals surface area (Å²) in [6.07, 6.45) is -2.21. The number of anilines is 1. The number of thiazole rings is 1. The topological polar surface area (TPSA) is 45.2 Å². The van der Waals surface area contributed by atoms with Gasteiger partial charge in [0.25, 0.3) is 5.91 Å². The molecule has 1 aliphatic heterocycles. The number of carbonyl (C=O) groups is 1. The van der Waals surface area contributed by atoms with Crippen LogP contribution in [0.2, 0.25) is 0 Å². The maximum absolute atomic E-state index is 12.8. The molecule has 3 aromatic rings. The smallest absolute Gasteiger partial charge is 0.312 e. The summed E-state index contributed by atoms with van der Waals surface area (Å²) in [7, 11) is 0. The molecule has 150 valence electrons. The van der Waals surface area contributed by atoms with E-state index in [0.29, 0.717) is 5.00 Å².